The highest BCUT2D eigenvalue weighted by molar-refractivity contribution is 5.63. The molecule has 0 saturated heterocycles. The number of rotatable bonds is 5. The van der Waals surface area contributed by atoms with Crippen LogP contribution in [-0.4, -0.2) is 6.61 Å². The van der Waals surface area contributed by atoms with Crippen LogP contribution in [0.5, 0.6) is 5.75 Å². The van der Waals surface area contributed by atoms with Crippen LogP contribution in [0.3, 0.4) is 0 Å². The Morgan fingerprint density at radius 3 is 2.10 bits per heavy atom. The van der Waals surface area contributed by atoms with E-state index < -0.39 is 0 Å². The normalized spacial score (nSPS) is 11.3. The Labute approximate surface area is 119 Å². The Hall–Kier alpha value is -2.35. The number of halogens is 1. The van der Waals surface area contributed by atoms with Gasteiger partial charge in [0.25, 0.3) is 0 Å². The molecule has 0 fully saturated rings. The first-order valence-corrected chi connectivity index (χ1v) is 6.56. The lowest BCUT2D eigenvalue weighted by atomic mass is 10.1. The zero-order valence-corrected chi connectivity index (χ0v) is 11.4. The fourth-order valence-corrected chi connectivity index (χ4v) is 1.78. The number of ether oxygens (including phenoxy) is 1. The third-order valence-corrected chi connectivity index (χ3v) is 2.82. The number of hydrogen-bond acceptors (Lipinski definition) is 1. The summed E-state index contributed by atoms with van der Waals surface area (Å²) in [5.74, 6) is 0.600. The molecule has 0 saturated carbocycles. The van der Waals surface area contributed by atoms with Gasteiger partial charge in [0.2, 0.25) is 0 Å². The molecule has 0 atom stereocenters. The third-order valence-electron chi connectivity index (χ3n) is 2.82. The summed E-state index contributed by atoms with van der Waals surface area (Å²) >= 11 is 0. The highest BCUT2D eigenvalue weighted by Crippen LogP contribution is 2.22. The minimum atomic E-state index is -0.221. The summed E-state index contributed by atoms with van der Waals surface area (Å²) in [7, 11) is 0. The van der Waals surface area contributed by atoms with Gasteiger partial charge in [0.15, 0.2) is 0 Å². The van der Waals surface area contributed by atoms with Gasteiger partial charge < -0.3 is 4.74 Å². The molecule has 0 aliphatic carbocycles. The van der Waals surface area contributed by atoms with Crippen molar-refractivity contribution in [1.82, 2.24) is 0 Å². The average Bonchev–Trinajstić information content (AvgIpc) is 2.49. The predicted molar refractivity (Wildman–Crippen MR) is 81.3 cm³/mol. The summed E-state index contributed by atoms with van der Waals surface area (Å²) in [4.78, 5) is 0. The molecular formula is C18H17FO. The molecular weight excluding hydrogens is 251 g/mol. The van der Waals surface area contributed by atoms with Crippen molar-refractivity contribution < 1.29 is 9.13 Å². The van der Waals surface area contributed by atoms with Gasteiger partial charge in [-0.1, -0.05) is 42.5 Å². The molecule has 102 valence electrons. The quantitative estimate of drug-likeness (QED) is 0.693. The highest BCUT2D eigenvalue weighted by atomic mass is 19.1. The average molecular weight is 268 g/mol. The van der Waals surface area contributed by atoms with Crippen LogP contribution < -0.4 is 4.74 Å². The molecule has 0 aliphatic heterocycles. The first kappa shape index (κ1) is 14.1. The summed E-state index contributed by atoms with van der Waals surface area (Å²) < 4.78 is 18.4. The molecule has 0 bridgehead atoms. The molecule has 0 aliphatic rings. The topological polar surface area (TPSA) is 9.23 Å². The lowest BCUT2D eigenvalue weighted by Gasteiger charge is -2.05. The second kappa shape index (κ2) is 7.29. The van der Waals surface area contributed by atoms with E-state index in [0.29, 0.717) is 6.61 Å². The SMILES string of the molecule is C/C=C/C=C/COc1ccc(-c2ccc(F)cc2)cc1. The van der Waals surface area contributed by atoms with E-state index in [1.807, 2.05) is 55.5 Å². The number of allylic oxidation sites excluding steroid dienone is 3. The van der Waals surface area contributed by atoms with Crippen molar-refractivity contribution in [2.45, 2.75) is 6.92 Å². The summed E-state index contributed by atoms with van der Waals surface area (Å²) in [6.07, 6.45) is 7.83. The van der Waals surface area contributed by atoms with Crippen LogP contribution in [0.15, 0.2) is 72.8 Å². The first-order chi connectivity index (χ1) is 9.79. The van der Waals surface area contributed by atoms with E-state index in [2.05, 4.69) is 0 Å². The Kier molecular flexibility index (Phi) is 5.13. The minimum absolute atomic E-state index is 0.221. The molecule has 0 amide bonds. The van der Waals surface area contributed by atoms with Crippen LogP contribution in [-0.2, 0) is 0 Å². The molecule has 0 aromatic heterocycles. The van der Waals surface area contributed by atoms with E-state index in [-0.39, 0.29) is 5.82 Å². The second-order valence-corrected chi connectivity index (χ2v) is 4.30. The van der Waals surface area contributed by atoms with Crippen LogP contribution in [0.4, 0.5) is 4.39 Å². The molecule has 2 heteroatoms. The van der Waals surface area contributed by atoms with E-state index in [4.69, 9.17) is 4.74 Å². The van der Waals surface area contributed by atoms with Crippen molar-refractivity contribution in [3.05, 3.63) is 78.7 Å². The van der Waals surface area contributed by atoms with Crippen LogP contribution in [0.1, 0.15) is 6.92 Å². The van der Waals surface area contributed by atoms with E-state index in [1.54, 1.807) is 12.1 Å². The van der Waals surface area contributed by atoms with E-state index in [9.17, 15) is 4.39 Å². The van der Waals surface area contributed by atoms with Crippen molar-refractivity contribution in [3.8, 4) is 16.9 Å². The smallest absolute Gasteiger partial charge is 0.123 e. The van der Waals surface area contributed by atoms with Gasteiger partial charge in [-0.3, -0.25) is 0 Å². The fourth-order valence-electron chi connectivity index (χ4n) is 1.78. The lowest BCUT2D eigenvalue weighted by molar-refractivity contribution is 0.363. The van der Waals surface area contributed by atoms with Crippen molar-refractivity contribution in [2.75, 3.05) is 6.61 Å². The van der Waals surface area contributed by atoms with Gasteiger partial charge >= 0.3 is 0 Å². The standard InChI is InChI=1S/C18H17FO/c1-2-3-4-5-14-20-18-12-8-16(9-13-18)15-6-10-17(19)11-7-15/h2-13H,14H2,1H3/b3-2+,5-4+. The maximum atomic E-state index is 12.9. The Morgan fingerprint density at radius 1 is 0.900 bits per heavy atom. The van der Waals surface area contributed by atoms with E-state index in [1.165, 1.54) is 12.1 Å². The first-order valence-electron chi connectivity index (χ1n) is 6.56. The zero-order chi connectivity index (χ0) is 14.2. The van der Waals surface area contributed by atoms with Crippen LogP contribution in [0, 0.1) is 5.82 Å². The fraction of sp³-hybridized carbons (Fsp3) is 0.111. The number of hydrogen-bond donors (Lipinski definition) is 0. The molecule has 0 radical (unpaired) electrons. The highest BCUT2D eigenvalue weighted by Gasteiger charge is 1.98. The third kappa shape index (κ3) is 4.09. The second-order valence-electron chi connectivity index (χ2n) is 4.30. The summed E-state index contributed by atoms with van der Waals surface area (Å²) in [6, 6.07) is 14.2. The molecule has 0 spiro atoms. The van der Waals surface area contributed by atoms with Gasteiger partial charge in [-0.15, -0.1) is 0 Å². The minimum Gasteiger partial charge on any atom is -0.490 e. The lowest BCUT2D eigenvalue weighted by Crippen LogP contribution is -1.92. The Bertz CT molecular complexity index is 580. The van der Waals surface area contributed by atoms with E-state index >= 15 is 0 Å². The van der Waals surface area contributed by atoms with Crippen LogP contribution in [0.2, 0.25) is 0 Å². The molecule has 0 heterocycles. The largest absolute Gasteiger partial charge is 0.490 e. The van der Waals surface area contributed by atoms with Gasteiger partial charge in [0.05, 0.1) is 0 Å². The molecule has 2 rings (SSSR count). The van der Waals surface area contributed by atoms with Crippen molar-refractivity contribution >= 4 is 0 Å². The van der Waals surface area contributed by atoms with Gasteiger partial charge in [-0.05, 0) is 48.4 Å². The maximum absolute atomic E-state index is 12.9. The number of benzene rings is 2. The molecule has 2 aromatic carbocycles. The van der Waals surface area contributed by atoms with Gasteiger partial charge in [-0.25, -0.2) is 4.39 Å². The van der Waals surface area contributed by atoms with Gasteiger partial charge in [0, 0.05) is 0 Å². The monoisotopic (exact) mass is 268 g/mol. The summed E-state index contributed by atoms with van der Waals surface area (Å²) in [6.45, 7) is 2.51. The molecule has 0 unspecified atom stereocenters. The Morgan fingerprint density at radius 2 is 1.50 bits per heavy atom. The molecule has 20 heavy (non-hydrogen) atoms. The molecule has 1 nitrogen and oxygen atoms in total. The summed E-state index contributed by atoms with van der Waals surface area (Å²) in [5.41, 5.74) is 2.03. The summed E-state index contributed by atoms with van der Waals surface area (Å²) in [5, 5.41) is 0. The van der Waals surface area contributed by atoms with Gasteiger partial charge in [0.1, 0.15) is 18.2 Å². The maximum Gasteiger partial charge on any atom is 0.123 e. The van der Waals surface area contributed by atoms with Crippen molar-refractivity contribution in [2.24, 2.45) is 0 Å². The van der Waals surface area contributed by atoms with Crippen LogP contribution >= 0.6 is 0 Å². The van der Waals surface area contributed by atoms with Crippen molar-refractivity contribution in [1.29, 1.82) is 0 Å². The Balaban J connectivity index is 1.97. The molecule has 2 aromatic rings. The predicted octanol–water partition coefficient (Wildman–Crippen LogP) is 5.00. The van der Waals surface area contributed by atoms with E-state index in [0.717, 1.165) is 16.9 Å². The zero-order valence-electron chi connectivity index (χ0n) is 11.4. The molecule has 0 N–H and O–H groups in total. The van der Waals surface area contributed by atoms with Gasteiger partial charge in [-0.2, -0.15) is 0 Å². The van der Waals surface area contributed by atoms with Crippen molar-refractivity contribution in [3.63, 3.8) is 0 Å². The van der Waals surface area contributed by atoms with Crippen LogP contribution in [0.25, 0.3) is 11.1 Å².